The summed E-state index contributed by atoms with van der Waals surface area (Å²) in [5, 5.41) is 2.49. The molecule has 0 aliphatic carbocycles. The predicted molar refractivity (Wildman–Crippen MR) is 94.3 cm³/mol. The monoisotopic (exact) mass is 359 g/mol. The van der Waals surface area contributed by atoms with Gasteiger partial charge in [-0.2, -0.15) is 0 Å². The number of ether oxygens (including phenoxy) is 1. The molecule has 1 heterocycles. The van der Waals surface area contributed by atoms with Crippen LogP contribution in [0.5, 0.6) is 0 Å². The van der Waals surface area contributed by atoms with E-state index in [1.807, 2.05) is 11.6 Å². The summed E-state index contributed by atoms with van der Waals surface area (Å²) in [5.74, 6) is 0.568. The van der Waals surface area contributed by atoms with Gasteiger partial charge in [0, 0.05) is 11.3 Å². The normalized spacial score (nSPS) is 13.7. The molecule has 1 aliphatic rings. The number of aryl methyl sites for hydroxylation is 1. The summed E-state index contributed by atoms with van der Waals surface area (Å²) in [5.41, 5.74) is 2.19. The van der Waals surface area contributed by atoms with E-state index in [1.54, 1.807) is 36.4 Å². The van der Waals surface area contributed by atoms with Crippen LogP contribution >= 0.6 is 0 Å². The Morgan fingerprint density at radius 1 is 1.08 bits per heavy atom. The first-order chi connectivity index (χ1) is 11.9. The third-order valence-electron chi connectivity index (χ3n) is 3.53. The summed E-state index contributed by atoms with van der Waals surface area (Å²) >= 11 is 0. The number of urea groups is 1. The third kappa shape index (κ3) is 4.16. The van der Waals surface area contributed by atoms with Gasteiger partial charge in [0.1, 0.15) is 6.61 Å². The van der Waals surface area contributed by atoms with Crippen LogP contribution in [0.3, 0.4) is 0 Å². The molecule has 2 amide bonds. The summed E-state index contributed by atoms with van der Waals surface area (Å²) in [6, 6.07) is 12.2. The molecular weight excluding hydrogens is 342 g/mol. The van der Waals surface area contributed by atoms with Crippen molar-refractivity contribution in [3.05, 3.63) is 59.7 Å². The van der Waals surface area contributed by atoms with Gasteiger partial charge in [0.25, 0.3) is 10.0 Å². The van der Waals surface area contributed by atoms with E-state index in [-0.39, 0.29) is 4.90 Å². The van der Waals surface area contributed by atoms with E-state index >= 15 is 0 Å². The zero-order chi connectivity index (χ0) is 17.9. The van der Waals surface area contributed by atoms with Crippen molar-refractivity contribution in [2.75, 3.05) is 18.5 Å². The third-order valence-corrected chi connectivity index (χ3v) is 4.88. The number of anilines is 1. The number of hydrogen-bond acceptors (Lipinski definition) is 5. The fourth-order valence-corrected chi connectivity index (χ4v) is 3.17. The Balaban J connectivity index is 1.64. The Bertz CT molecular complexity index is 904. The molecule has 3 rings (SSSR count). The van der Waals surface area contributed by atoms with E-state index in [4.69, 9.17) is 4.74 Å². The number of hydrogen-bond donors (Lipinski definition) is 2. The second-order valence-corrected chi connectivity index (χ2v) is 7.17. The lowest BCUT2D eigenvalue weighted by molar-refractivity contribution is 0.256. The molecule has 0 aromatic heterocycles. The minimum Gasteiger partial charge on any atom is -0.476 e. The summed E-state index contributed by atoms with van der Waals surface area (Å²) in [7, 11) is -3.92. The number of aliphatic imine (C=N–C) groups is 1. The number of rotatable bonds is 4. The Morgan fingerprint density at radius 3 is 2.36 bits per heavy atom. The molecule has 0 spiro atoms. The quantitative estimate of drug-likeness (QED) is 0.875. The second kappa shape index (κ2) is 6.94. The first-order valence-corrected chi connectivity index (χ1v) is 9.10. The topological polar surface area (TPSA) is 96.9 Å². The van der Waals surface area contributed by atoms with Gasteiger partial charge in [-0.05, 0) is 43.3 Å². The van der Waals surface area contributed by atoms with Gasteiger partial charge in [0.2, 0.25) is 5.90 Å². The van der Waals surface area contributed by atoms with E-state index in [2.05, 4.69) is 10.3 Å². The van der Waals surface area contributed by atoms with Gasteiger partial charge in [-0.1, -0.05) is 17.7 Å². The fourth-order valence-electron chi connectivity index (χ4n) is 2.26. The van der Waals surface area contributed by atoms with E-state index in [0.717, 1.165) is 11.1 Å². The Labute approximate surface area is 145 Å². The van der Waals surface area contributed by atoms with Gasteiger partial charge in [-0.3, -0.25) is 0 Å². The zero-order valence-corrected chi connectivity index (χ0v) is 14.3. The number of sulfonamides is 1. The molecule has 0 saturated carbocycles. The van der Waals surface area contributed by atoms with E-state index in [1.165, 1.54) is 12.1 Å². The molecular formula is C17H17N3O4S. The van der Waals surface area contributed by atoms with Gasteiger partial charge < -0.3 is 10.1 Å². The molecule has 0 atom stereocenters. The van der Waals surface area contributed by atoms with Crippen molar-refractivity contribution >= 4 is 27.6 Å². The molecule has 2 aromatic carbocycles. The smallest absolute Gasteiger partial charge is 0.333 e. The van der Waals surface area contributed by atoms with Crippen molar-refractivity contribution in [2.24, 2.45) is 4.99 Å². The van der Waals surface area contributed by atoms with Crippen LogP contribution in [0.4, 0.5) is 10.5 Å². The van der Waals surface area contributed by atoms with Crippen molar-refractivity contribution in [3.63, 3.8) is 0 Å². The minimum atomic E-state index is -3.92. The van der Waals surface area contributed by atoms with Crippen molar-refractivity contribution in [1.29, 1.82) is 0 Å². The number of nitrogens with zero attached hydrogens (tertiary/aromatic N) is 1. The molecule has 25 heavy (non-hydrogen) atoms. The van der Waals surface area contributed by atoms with Crippen LogP contribution in [-0.2, 0) is 14.8 Å². The van der Waals surface area contributed by atoms with Crippen LogP contribution in [0.25, 0.3) is 0 Å². The highest BCUT2D eigenvalue weighted by molar-refractivity contribution is 7.90. The van der Waals surface area contributed by atoms with E-state index in [9.17, 15) is 13.2 Å². The Kier molecular flexibility index (Phi) is 4.71. The number of carbonyl (C=O) groups excluding carboxylic acids is 1. The summed E-state index contributed by atoms with van der Waals surface area (Å²) in [6.45, 7) is 3.05. The summed E-state index contributed by atoms with van der Waals surface area (Å²) in [6.07, 6.45) is 0. The van der Waals surface area contributed by atoms with E-state index in [0.29, 0.717) is 24.7 Å². The summed E-state index contributed by atoms with van der Waals surface area (Å²) in [4.78, 5) is 16.2. The Hall–Kier alpha value is -2.87. The average Bonchev–Trinajstić information content (AvgIpc) is 3.10. The van der Waals surface area contributed by atoms with Gasteiger partial charge in [0.05, 0.1) is 11.4 Å². The lowest BCUT2D eigenvalue weighted by Crippen LogP contribution is -2.34. The van der Waals surface area contributed by atoms with Crippen molar-refractivity contribution < 1.29 is 17.9 Å². The number of benzene rings is 2. The van der Waals surface area contributed by atoms with Crippen LogP contribution in [-0.4, -0.2) is 33.5 Å². The zero-order valence-electron chi connectivity index (χ0n) is 13.5. The standard InChI is InChI=1S/C17H17N3O4S/c1-12-2-8-15(9-3-12)25(22,23)20-17(21)19-14-6-4-13(5-7-14)16-18-10-11-24-16/h2-9H,10-11H2,1H3,(H2,19,20,21). The first-order valence-electron chi connectivity index (χ1n) is 7.62. The maximum atomic E-state index is 12.2. The molecule has 0 bridgehead atoms. The van der Waals surface area contributed by atoms with Crippen LogP contribution in [0.15, 0.2) is 58.4 Å². The van der Waals surface area contributed by atoms with E-state index < -0.39 is 16.1 Å². The lowest BCUT2D eigenvalue weighted by Gasteiger charge is -2.09. The summed E-state index contributed by atoms with van der Waals surface area (Å²) < 4.78 is 31.7. The first kappa shape index (κ1) is 17.0. The molecule has 7 nitrogen and oxygen atoms in total. The SMILES string of the molecule is Cc1ccc(S(=O)(=O)NC(=O)Nc2ccc(C3=NCCO3)cc2)cc1. The number of carbonyl (C=O) groups is 1. The van der Waals surface area contributed by atoms with Crippen molar-refractivity contribution in [3.8, 4) is 0 Å². The van der Waals surface area contributed by atoms with Crippen LogP contribution in [0, 0.1) is 6.92 Å². The molecule has 0 radical (unpaired) electrons. The van der Waals surface area contributed by atoms with Crippen molar-refractivity contribution in [2.45, 2.75) is 11.8 Å². The highest BCUT2D eigenvalue weighted by Crippen LogP contribution is 2.14. The predicted octanol–water partition coefficient (Wildman–Crippen LogP) is 2.28. The largest absolute Gasteiger partial charge is 0.476 e. The second-order valence-electron chi connectivity index (χ2n) is 5.49. The van der Waals surface area contributed by atoms with Gasteiger partial charge in [-0.25, -0.2) is 22.9 Å². The molecule has 0 unspecified atom stereocenters. The number of amides is 2. The molecule has 130 valence electrons. The van der Waals surface area contributed by atoms with Crippen molar-refractivity contribution in [1.82, 2.24) is 4.72 Å². The maximum Gasteiger partial charge on any atom is 0.333 e. The molecule has 2 N–H and O–H groups in total. The average molecular weight is 359 g/mol. The van der Waals surface area contributed by atoms with Gasteiger partial charge in [0.15, 0.2) is 0 Å². The maximum absolute atomic E-state index is 12.2. The minimum absolute atomic E-state index is 0.0278. The van der Waals surface area contributed by atoms with Crippen LogP contribution in [0.1, 0.15) is 11.1 Å². The lowest BCUT2D eigenvalue weighted by atomic mass is 10.2. The molecule has 0 saturated heterocycles. The van der Waals surface area contributed by atoms with Crippen LogP contribution < -0.4 is 10.0 Å². The highest BCUT2D eigenvalue weighted by Gasteiger charge is 2.17. The molecule has 1 aliphatic heterocycles. The van der Waals surface area contributed by atoms with Gasteiger partial charge in [-0.15, -0.1) is 0 Å². The van der Waals surface area contributed by atoms with Gasteiger partial charge >= 0.3 is 6.03 Å². The highest BCUT2D eigenvalue weighted by atomic mass is 32.2. The number of nitrogens with one attached hydrogen (secondary N) is 2. The molecule has 2 aromatic rings. The molecule has 8 heteroatoms. The Morgan fingerprint density at radius 2 is 1.76 bits per heavy atom. The fraction of sp³-hybridized carbons (Fsp3) is 0.176. The van der Waals surface area contributed by atoms with Crippen LogP contribution in [0.2, 0.25) is 0 Å². The molecule has 0 fully saturated rings.